The number of rotatable bonds is 4. The van der Waals surface area contributed by atoms with Gasteiger partial charge in [0.2, 0.25) is 0 Å². The van der Waals surface area contributed by atoms with Gasteiger partial charge in [0.1, 0.15) is 6.07 Å². The van der Waals surface area contributed by atoms with Crippen LogP contribution in [-0.2, 0) is 0 Å². The summed E-state index contributed by atoms with van der Waals surface area (Å²) in [6.07, 6.45) is 0.847. The van der Waals surface area contributed by atoms with Crippen LogP contribution in [0.1, 0.15) is 12.0 Å². The largest absolute Gasteiger partial charge is 0.484 e. The van der Waals surface area contributed by atoms with Gasteiger partial charge in [0.05, 0.1) is 12.2 Å². The maximum Gasteiger partial charge on any atom is 0.175 e. The van der Waals surface area contributed by atoms with Crippen LogP contribution < -0.4 is 10.5 Å². The summed E-state index contributed by atoms with van der Waals surface area (Å²) in [5.41, 5.74) is 5.95. The van der Waals surface area contributed by atoms with Gasteiger partial charge in [0.15, 0.2) is 5.06 Å². The van der Waals surface area contributed by atoms with Crippen LogP contribution in [0.3, 0.4) is 0 Å². The molecular formula is C8H10N2OS. The predicted molar refractivity (Wildman–Crippen MR) is 48.2 cm³/mol. The Hall–Kier alpha value is -1.05. The van der Waals surface area contributed by atoms with E-state index < -0.39 is 0 Å². The van der Waals surface area contributed by atoms with Crippen LogP contribution in [-0.4, -0.2) is 13.2 Å². The van der Waals surface area contributed by atoms with Gasteiger partial charge in [0, 0.05) is 11.4 Å². The summed E-state index contributed by atoms with van der Waals surface area (Å²) in [5.74, 6) is 0. The lowest BCUT2D eigenvalue weighted by Gasteiger charge is -1.99. The minimum atomic E-state index is 0.627. The maximum absolute atomic E-state index is 8.50. The predicted octanol–water partition coefficient (Wildman–Crippen LogP) is 1.35. The van der Waals surface area contributed by atoms with Gasteiger partial charge in [-0.05, 0) is 13.0 Å². The van der Waals surface area contributed by atoms with Gasteiger partial charge in [-0.3, -0.25) is 0 Å². The SMILES string of the molecule is N#Cc1csc(OCCCN)c1. The summed E-state index contributed by atoms with van der Waals surface area (Å²) in [7, 11) is 0. The summed E-state index contributed by atoms with van der Waals surface area (Å²) < 4.78 is 5.32. The first-order valence-corrected chi connectivity index (χ1v) is 4.56. The minimum Gasteiger partial charge on any atom is -0.484 e. The Morgan fingerprint density at radius 1 is 1.67 bits per heavy atom. The Morgan fingerprint density at radius 3 is 3.08 bits per heavy atom. The third-order valence-corrected chi connectivity index (χ3v) is 2.14. The first-order valence-electron chi connectivity index (χ1n) is 3.68. The van der Waals surface area contributed by atoms with Crippen LogP contribution in [0.15, 0.2) is 11.4 Å². The third kappa shape index (κ3) is 2.53. The maximum atomic E-state index is 8.50. The molecule has 0 aromatic carbocycles. The van der Waals surface area contributed by atoms with Gasteiger partial charge < -0.3 is 10.5 Å². The topological polar surface area (TPSA) is 59.0 Å². The molecule has 64 valence electrons. The van der Waals surface area contributed by atoms with Gasteiger partial charge >= 0.3 is 0 Å². The molecule has 0 amide bonds. The summed E-state index contributed by atoms with van der Waals surface area (Å²) in [6.45, 7) is 1.26. The second-order valence-corrected chi connectivity index (χ2v) is 3.13. The van der Waals surface area contributed by atoms with Crippen LogP contribution in [0, 0.1) is 11.3 Å². The van der Waals surface area contributed by atoms with E-state index in [9.17, 15) is 0 Å². The molecule has 0 fully saturated rings. The zero-order chi connectivity index (χ0) is 8.81. The van der Waals surface area contributed by atoms with E-state index in [-0.39, 0.29) is 0 Å². The zero-order valence-electron chi connectivity index (χ0n) is 6.62. The van der Waals surface area contributed by atoms with Crippen LogP contribution in [0.2, 0.25) is 0 Å². The standard InChI is InChI=1S/C8H10N2OS/c9-2-1-3-11-8-4-7(5-10)6-12-8/h4,6H,1-3,9H2. The van der Waals surface area contributed by atoms with Crippen molar-refractivity contribution < 1.29 is 4.74 Å². The molecule has 1 rings (SSSR count). The fraction of sp³-hybridized carbons (Fsp3) is 0.375. The second kappa shape index (κ2) is 4.75. The highest BCUT2D eigenvalue weighted by Gasteiger charge is 1.98. The highest BCUT2D eigenvalue weighted by atomic mass is 32.1. The Labute approximate surface area is 75.4 Å². The van der Waals surface area contributed by atoms with Gasteiger partial charge in [0.25, 0.3) is 0 Å². The molecular weight excluding hydrogens is 172 g/mol. The molecule has 0 saturated heterocycles. The molecule has 0 aliphatic heterocycles. The monoisotopic (exact) mass is 182 g/mol. The Morgan fingerprint density at radius 2 is 2.50 bits per heavy atom. The normalized spacial score (nSPS) is 9.33. The van der Waals surface area contributed by atoms with E-state index in [0.29, 0.717) is 18.7 Å². The summed E-state index contributed by atoms with van der Waals surface area (Å²) >= 11 is 1.44. The average molecular weight is 182 g/mol. The van der Waals surface area contributed by atoms with Crippen molar-refractivity contribution in [2.45, 2.75) is 6.42 Å². The van der Waals surface area contributed by atoms with Crippen molar-refractivity contribution in [2.24, 2.45) is 5.73 Å². The van der Waals surface area contributed by atoms with Crippen molar-refractivity contribution in [1.29, 1.82) is 5.26 Å². The van der Waals surface area contributed by atoms with Crippen LogP contribution >= 0.6 is 11.3 Å². The molecule has 0 saturated carbocycles. The molecule has 0 radical (unpaired) electrons. The van der Waals surface area contributed by atoms with E-state index >= 15 is 0 Å². The van der Waals surface area contributed by atoms with E-state index in [1.165, 1.54) is 11.3 Å². The van der Waals surface area contributed by atoms with Crippen molar-refractivity contribution in [3.05, 3.63) is 17.0 Å². The molecule has 12 heavy (non-hydrogen) atoms. The van der Waals surface area contributed by atoms with Crippen molar-refractivity contribution in [3.63, 3.8) is 0 Å². The van der Waals surface area contributed by atoms with Crippen LogP contribution in [0.4, 0.5) is 0 Å². The fourth-order valence-electron chi connectivity index (χ4n) is 0.707. The summed E-state index contributed by atoms with van der Waals surface area (Å²) in [4.78, 5) is 0. The van der Waals surface area contributed by atoms with E-state index in [0.717, 1.165) is 11.5 Å². The molecule has 0 unspecified atom stereocenters. The lowest BCUT2D eigenvalue weighted by atomic mass is 10.4. The number of ether oxygens (including phenoxy) is 1. The molecule has 1 heterocycles. The molecule has 0 bridgehead atoms. The van der Waals surface area contributed by atoms with E-state index in [2.05, 4.69) is 0 Å². The van der Waals surface area contributed by atoms with Crippen LogP contribution in [0.5, 0.6) is 5.06 Å². The Kier molecular flexibility index (Phi) is 3.58. The second-order valence-electron chi connectivity index (χ2n) is 2.26. The van der Waals surface area contributed by atoms with Gasteiger partial charge in [-0.15, -0.1) is 11.3 Å². The Bertz CT molecular complexity index is 277. The van der Waals surface area contributed by atoms with Gasteiger partial charge in [-0.1, -0.05) is 0 Å². The van der Waals surface area contributed by atoms with Crippen molar-refractivity contribution in [1.82, 2.24) is 0 Å². The molecule has 1 aromatic rings. The fourth-order valence-corrected chi connectivity index (χ4v) is 1.42. The van der Waals surface area contributed by atoms with E-state index in [4.69, 9.17) is 15.7 Å². The number of thiophene rings is 1. The molecule has 0 aliphatic rings. The number of nitrogens with zero attached hydrogens (tertiary/aromatic N) is 1. The van der Waals surface area contributed by atoms with E-state index in [1.807, 2.05) is 6.07 Å². The molecule has 0 spiro atoms. The smallest absolute Gasteiger partial charge is 0.175 e. The number of nitriles is 1. The van der Waals surface area contributed by atoms with Gasteiger partial charge in [-0.2, -0.15) is 5.26 Å². The highest BCUT2D eigenvalue weighted by Crippen LogP contribution is 2.22. The zero-order valence-corrected chi connectivity index (χ0v) is 7.43. The summed E-state index contributed by atoms with van der Waals surface area (Å²) in [6, 6.07) is 3.78. The molecule has 1 aromatic heterocycles. The van der Waals surface area contributed by atoms with Crippen LogP contribution in [0.25, 0.3) is 0 Å². The van der Waals surface area contributed by atoms with Crippen molar-refractivity contribution >= 4 is 11.3 Å². The number of hydrogen-bond donors (Lipinski definition) is 1. The molecule has 0 aliphatic carbocycles. The first kappa shape index (κ1) is 9.04. The van der Waals surface area contributed by atoms with Crippen molar-refractivity contribution in [2.75, 3.05) is 13.2 Å². The number of hydrogen-bond acceptors (Lipinski definition) is 4. The minimum absolute atomic E-state index is 0.627. The molecule has 3 nitrogen and oxygen atoms in total. The first-order chi connectivity index (χ1) is 5.86. The highest BCUT2D eigenvalue weighted by molar-refractivity contribution is 7.12. The van der Waals surface area contributed by atoms with Crippen molar-refractivity contribution in [3.8, 4) is 11.1 Å². The average Bonchev–Trinajstić information content (AvgIpc) is 2.53. The lowest BCUT2D eigenvalue weighted by Crippen LogP contribution is -2.05. The quantitative estimate of drug-likeness (QED) is 0.715. The molecule has 0 atom stereocenters. The Balaban J connectivity index is 2.38. The van der Waals surface area contributed by atoms with Gasteiger partial charge in [-0.25, -0.2) is 0 Å². The molecule has 4 heteroatoms. The number of nitrogens with two attached hydrogens (primary N) is 1. The van der Waals surface area contributed by atoms with E-state index in [1.54, 1.807) is 11.4 Å². The third-order valence-electron chi connectivity index (χ3n) is 1.30. The lowest BCUT2D eigenvalue weighted by molar-refractivity contribution is 0.322. The summed E-state index contributed by atoms with van der Waals surface area (Å²) in [5, 5.41) is 11.1. The molecule has 2 N–H and O–H groups in total.